The zero-order valence-electron chi connectivity index (χ0n) is 9.53. The summed E-state index contributed by atoms with van der Waals surface area (Å²) in [6.07, 6.45) is 1.32. The van der Waals surface area contributed by atoms with Crippen molar-refractivity contribution in [2.75, 3.05) is 0 Å². The zero-order chi connectivity index (χ0) is 12.6. The molecule has 0 radical (unpaired) electrons. The Morgan fingerprint density at radius 2 is 2.06 bits per heavy atom. The number of primary amides is 1. The summed E-state index contributed by atoms with van der Waals surface area (Å²) < 4.78 is 5.39. The second kappa shape index (κ2) is 3.93. The minimum Gasteiger partial charge on any atom is -0.461 e. The van der Waals surface area contributed by atoms with Crippen molar-refractivity contribution in [2.24, 2.45) is 5.73 Å². The molecule has 1 amide bonds. The Kier molecular flexibility index (Phi) is 2.59. The van der Waals surface area contributed by atoms with E-state index < -0.39 is 11.3 Å². The molecule has 2 aromatic rings. The van der Waals surface area contributed by atoms with Crippen LogP contribution in [0.15, 0.2) is 27.5 Å². The normalized spacial score (nSPS) is 10.5. The molecule has 2 rings (SSSR count). The van der Waals surface area contributed by atoms with Crippen LogP contribution in [0.2, 0.25) is 0 Å². The summed E-state index contributed by atoms with van der Waals surface area (Å²) in [5.74, 6) is 0.378. The van der Waals surface area contributed by atoms with Gasteiger partial charge in [-0.15, -0.1) is 0 Å². The summed E-state index contributed by atoms with van der Waals surface area (Å²) in [6, 6.07) is 3.45. The Morgan fingerprint density at radius 1 is 1.35 bits per heavy atom. The van der Waals surface area contributed by atoms with Crippen molar-refractivity contribution in [1.29, 1.82) is 0 Å². The molecule has 0 atom stereocenters. The number of rotatable bonds is 2. The highest BCUT2D eigenvalue weighted by Gasteiger charge is 2.16. The van der Waals surface area contributed by atoms with E-state index in [9.17, 15) is 9.59 Å². The van der Waals surface area contributed by atoms with Crippen LogP contribution in [0.5, 0.6) is 0 Å². The van der Waals surface area contributed by atoms with Crippen LogP contribution in [0.3, 0.4) is 0 Å². The average Bonchev–Trinajstić information content (AvgIpc) is 2.64. The van der Waals surface area contributed by atoms with E-state index in [1.54, 1.807) is 26.0 Å². The van der Waals surface area contributed by atoms with Crippen LogP contribution in [0.25, 0.3) is 11.3 Å². The smallest absolute Gasteiger partial charge is 0.254 e. The molecular weight excluding hydrogens is 220 g/mol. The lowest BCUT2D eigenvalue weighted by Gasteiger charge is -2.03. The van der Waals surface area contributed by atoms with Gasteiger partial charge >= 0.3 is 0 Å². The van der Waals surface area contributed by atoms with Gasteiger partial charge in [0.05, 0.1) is 5.56 Å². The van der Waals surface area contributed by atoms with Crippen molar-refractivity contribution in [3.63, 3.8) is 0 Å². The number of nitrogens with one attached hydrogen (secondary N) is 1. The maximum Gasteiger partial charge on any atom is 0.254 e. The van der Waals surface area contributed by atoms with E-state index in [0.717, 1.165) is 0 Å². The molecule has 0 spiro atoms. The van der Waals surface area contributed by atoms with Crippen LogP contribution in [-0.2, 0) is 0 Å². The van der Waals surface area contributed by atoms with Gasteiger partial charge < -0.3 is 15.1 Å². The molecule has 0 aliphatic carbocycles. The van der Waals surface area contributed by atoms with Crippen molar-refractivity contribution >= 4 is 5.91 Å². The predicted octanol–water partition coefficient (Wildman–Crippen LogP) is 1.35. The van der Waals surface area contributed by atoms with E-state index in [0.29, 0.717) is 22.8 Å². The van der Waals surface area contributed by atoms with Crippen molar-refractivity contribution in [2.45, 2.75) is 13.8 Å². The number of amides is 1. The topological polar surface area (TPSA) is 89.1 Å². The summed E-state index contributed by atoms with van der Waals surface area (Å²) in [6.45, 7) is 3.52. The highest BCUT2D eigenvalue weighted by atomic mass is 16.3. The van der Waals surface area contributed by atoms with Gasteiger partial charge in [0.2, 0.25) is 5.43 Å². The molecule has 2 aromatic heterocycles. The number of carbonyl (C=O) groups excluding carboxylic acids is 1. The lowest BCUT2D eigenvalue weighted by molar-refractivity contribution is 0.0999. The van der Waals surface area contributed by atoms with Crippen LogP contribution in [0, 0.1) is 13.8 Å². The molecule has 17 heavy (non-hydrogen) atoms. The molecular formula is C12H12N2O3. The van der Waals surface area contributed by atoms with E-state index in [2.05, 4.69) is 4.98 Å². The predicted molar refractivity (Wildman–Crippen MR) is 62.8 cm³/mol. The van der Waals surface area contributed by atoms with Crippen LogP contribution in [0.4, 0.5) is 0 Å². The van der Waals surface area contributed by atoms with E-state index in [4.69, 9.17) is 10.2 Å². The Morgan fingerprint density at radius 3 is 2.59 bits per heavy atom. The summed E-state index contributed by atoms with van der Waals surface area (Å²) in [5.41, 5.74) is 5.62. The van der Waals surface area contributed by atoms with E-state index in [1.165, 1.54) is 6.20 Å². The van der Waals surface area contributed by atoms with Gasteiger partial charge in [-0.3, -0.25) is 9.59 Å². The summed E-state index contributed by atoms with van der Waals surface area (Å²) >= 11 is 0. The highest BCUT2D eigenvalue weighted by molar-refractivity contribution is 5.93. The van der Waals surface area contributed by atoms with Gasteiger partial charge in [-0.05, 0) is 26.0 Å². The Balaban J connectivity index is 2.73. The molecule has 0 bridgehead atoms. The first-order valence-electron chi connectivity index (χ1n) is 5.09. The van der Waals surface area contributed by atoms with Gasteiger partial charge in [0.25, 0.3) is 5.91 Å². The Hall–Kier alpha value is -2.30. The average molecular weight is 232 g/mol. The molecule has 0 saturated heterocycles. The van der Waals surface area contributed by atoms with Gasteiger partial charge in [0.15, 0.2) is 0 Å². The number of furan rings is 1. The first-order chi connectivity index (χ1) is 8.00. The molecule has 5 heteroatoms. The van der Waals surface area contributed by atoms with Crippen LogP contribution in [-0.4, -0.2) is 10.9 Å². The van der Waals surface area contributed by atoms with E-state index in [1.807, 2.05) is 0 Å². The third-order valence-electron chi connectivity index (χ3n) is 2.53. The summed E-state index contributed by atoms with van der Waals surface area (Å²) in [4.78, 5) is 26.0. The highest BCUT2D eigenvalue weighted by Crippen LogP contribution is 2.21. The van der Waals surface area contributed by atoms with Crippen molar-refractivity contribution in [1.82, 2.24) is 4.98 Å². The second-order valence-electron chi connectivity index (χ2n) is 3.81. The molecule has 2 heterocycles. The van der Waals surface area contributed by atoms with Crippen molar-refractivity contribution in [3.05, 3.63) is 45.6 Å². The van der Waals surface area contributed by atoms with Gasteiger partial charge in [-0.1, -0.05) is 0 Å². The molecule has 0 aromatic carbocycles. The SMILES string of the molecule is Cc1ccc(-c2c(C)[nH]cc(C(N)=O)c2=O)o1. The van der Waals surface area contributed by atoms with Crippen LogP contribution in [0.1, 0.15) is 21.8 Å². The fourth-order valence-electron chi connectivity index (χ4n) is 1.67. The molecule has 3 N–H and O–H groups in total. The number of pyridine rings is 1. The quantitative estimate of drug-likeness (QED) is 0.819. The van der Waals surface area contributed by atoms with E-state index in [-0.39, 0.29) is 5.56 Å². The molecule has 0 aliphatic rings. The Labute approximate surface area is 97.3 Å². The monoisotopic (exact) mass is 232 g/mol. The number of carbonyl (C=O) groups is 1. The lowest BCUT2D eigenvalue weighted by Crippen LogP contribution is -2.23. The minimum atomic E-state index is -0.754. The maximum absolute atomic E-state index is 12.1. The number of aryl methyl sites for hydroxylation is 2. The number of aromatic nitrogens is 1. The molecule has 5 nitrogen and oxygen atoms in total. The molecule has 88 valence electrons. The largest absolute Gasteiger partial charge is 0.461 e. The third-order valence-corrected chi connectivity index (χ3v) is 2.53. The molecule has 0 fully saturated rings. The van der Waals surface area contributed by atoms with E-state index >= 15 is 0 Å². The van der Waals surface area contributed by atoms with Crippen LogP contribution < -0.4 is 11.2 Å². The first kappa shape index (κ1) is 11.2. The fourth-order valence-corrected chi connectivity index (χ4v) is 1.67. The number of hydrogen-bond donors (Lipinski definition) is 2. The van der Waals surface area contributed by atoms with Gasteiger partial charge in [-0.25, -0.2) is 0 Å². The molecule has 0 aliphatic heterocycles. The summed E-state index contributed by atoms with van der Waals surface area (Å²) in [7, 11) is 0. The third kappa shape index (κ3) is 1.87. The van der Waals surface area contributed by atoms with Crippen molar-refractivity contribution in [3.8, 4) is 11.3 Å². The van der Waals surface area contributed by atoms with Crippen LogP contribution >= 0.6 is 0 Å². The zero-order valence-corrected chi connectivity index (χ0v) is 9.53. The number of hydrogen-bond acceptors (Lipinski definition) is 3. The number of H-pyrrole nitrogens is 1. The summed E-state index contributed by atoms with van der Waals surface area (Å²) in [5, 5.41) is 0. The molecule has 0 saturated carbocycles. The fraction of sp³-hybridized carbons (Fsp3) is 0.167. The first-order valence-corrected chi connectivity index (χ1v) is 5.09. The van der Waals surface area contributed by atoms with Gasteiger partial charge in [0.1, 0.15) is 17.1 Å². The second-order valence-corrected chi connectivity index (χ2v) is 3.81. The lowest BCUT2D eigenvalue weighted by atomic mass is 10.1. The van der Waals surface area contributed by atoms with Gasteiger partial charge in [0, 0.05) is 11.9 Å². The number of nitrogens with two attached hydrogens (primary N) is 1. The minimum absolute atomic E-state index is 0.0698. The standard InChI is InChI=1S/C12H12N2O3/c1-6-3-4-9(17-6)10-7(2)14-5-8(11(10)15)12(13)16/h3-5H,1-2H3,(H2,13,16)(H,14,15). The molecule has 0 unspecified atom stereocenters. The van der Waals surface area contributed by atoms with Gasteiger partial charge in [-0.2, -0.15) is 0 Å². The Bertz CT molecular complexity index is 637. The number of aromatic amines is 1. The van der Waals surface area contributed by atoms with Crippen molar-refractivity contribution < 1.29 is 9.21 Å². The maximum atomic E-state index is 12.1.